The second-order valence-corrected chi connectivity index (χ2v) is 7.69. The van der Waals surface area contributed by atoms with E-state index in [2.05, 4.69) is 0 Å². The van der Waals surface area contributed by atoms with Crippen molar-refractivity contribution in [2.45, 2.75) is 49.5 Å². The van der Waals surface area contributed by atoms with Gasteiger partial charge < -0.3 is 5.11 Å². The third kappa shape index (κ3) is 6.14. The minimum atomic E-state index is -4.24. The molecule has 2 rings (SSSR count). The Balaban J connectivity index is 1.78. The molecule has 5 atom stereocenters. The Morgan fingerprint density at radius 2 is 2.21 bits per heavy atom. The van der Waals surface area contributed by atoms with Crippen molar-refractivity contribution in [3.8, 4) is 0 Å². The molecule has 2 aliphatic rings. The van der Waals surface area contributed by atoms with Crippen molar-refractivity contribution in [2.75, 3.05) is 26.9 Å². The summed E-state index contributed by atoms with van der Waals surface area (Å²) in [7, 11) is -0.887. The number of hydrogen-bond acceptors (Lipinski definition) is 7. The van der Waals surface area contributed by atoms with Crippen LogP contribution in [0.1, 0.15) is 19.8 Å². The van der Waals surface area contributed by atoms with Crippen LogP contribution in [0.2, 0.25) is 0 Å². The van der Waals surface area contributed by atoms with E-state index in [1.807, 2.05) is 21.4 Å². The Labute approximate surface area is 144 Å². The van der Waals surface area contributed by atoms with E-state index in [4.69, 9.17) is 28.4 Å². The number of rotatable bonds is 11. The molecule has 134 valence electrons. The van der Waals surface area contributed by atoms with E-state index in [1.165, 1.54) is 7.11 Å². The number of ether oxygens (including phenoxy) is 3. The van der Waals surface area contributed by atoms with Gasteiger partial charge in [0, 0.05) is 0 Å². The maximum absolute atomic E-state index is 12.2. The first-order valence-electron chi connectivity index (χ1n) is 8.08. The van der Waals surface area contributed by atoms with Crippen LogP contribution in [0, 0.1) is 0 Å². The van der Waals surface area contributed by atoms with Gasteiger partial charge in [0.2, 0.25) is 0 Å². The van der Waals surface area contributed by atoms with Crippen molar-refractivity contribution in [3.63, 3.8) is 0 Å². The van der Waals surface area contributed by atoms with Gasteiger partial charge in [0.15, 0.2) is 0 Å². The molecule has 1 spiro atoms. The molecule has 1 saturated heterocycles. The van der Waals surface area contributed by atoms with Crippen molar-refractivity contribution in [2.24, 2.45) is 0 Å². The van der Waals surface area contributed by atoms with E-state index in [-0.39, 0.29) is 25.8 Å². The zero-order valence-electron chi connectivity index (χ0n) is 14.3. The monoisotopic (exact) mass is 360 g/mol. The van der Waals surface area contributed by atoms with Crippen LogP contribution in [0.15, 0.2) is 0 Å². The summed E-state index contributed by atoms with van der Waals surface area (Å²) in [6.07, 6.45) is -0.450. The summed E-state index contributed by atoms with van der Waals surface area (Å²) in [6.45, 7) is 5.71. The molecule has 5 unspecified atom stereocenters. The fourth-order valence-corrected chi connectivity index (χ4v) is 3.67. The Hall–Kier alpha value is 0.145. The number of methoxy groups -OCH3 is 1. The molecule has 0 aromatic carbocycles. The summed E-state index contributed by atoms with van der Waals surface area (Å²) in [5, 5.41) is 8.39. The molecule has 0 radical (unpaired) electrons. The molecule has 24 heavy (non-hydrogen) atoms. The van der Waals surface area contributed by atoms with Crippen molar-refractivity contribution < 1.29 is 37.8 Å². The molecule has 0 amide bonds. The summed E-state index contributed by atoms with van der Waals surface area (Å²) < 4.78 is 38.9. The predicted octanol–water partition coefficient (Wildman–Crippen LogP) is -1.34. The molecule has 1 fully saturated rings. The molecule has 0 saturated carbocycles. The van der Waals surface area contributed by atoms with Gasteiger partial charge in [0.1, 0.15) is 0 Å². The van der Waals surface area contributed by atoms with Crippen LogP contribution in [0.4, 0.5) is 0 Å². The van der Waals surface area contributed by atoms with E-state index >= 15 is 0 Å². The summed E-state index contributed by atoms with van der Waals surface area (Å²) in [5.41, 5.74) is 0. The van der Waals surface area contributed by atoms with Crippen LogP contribution in [0.3, 0.4) is 0 Å². The Bertz CT molecular complexity index is 487. The summed E-state index contributed by atoms with van der Waals surface area (Å²) in [6, 6.07) is -0.164. The van der Waals surface area contributed by atoms with Gasteiger partial charge in [-0.25, -0.2) is 0 Å². The van der Waals surface area contributed by atoms with Crippen LogP contribution in [-0.4, -0.2) is 88.1 Å². The maximum atomic E-state index is 12.2. The number of aliphatic hydroxyl groups excluding tert-OH is 1. The van der Waals surface area contributed by atoms with Gasteiger partial charge in [-0.2, -0.15) is 0 Å². The van der Waals surface area contributed by atoms with Crippen molar-refractivity contribution in [1.82, 2.24) is 0 Å². The van der Waals surface area contributed by atoms with Crippen molar-refractivity contribution in [3.05, 3.63) is 0 Å². The predicted molar refractivity (Wildman–Crippen MR) is 90.8 cm³/mol. The van der Waals surface area contributed by atoms with Crippen molar-refractivity contribution >= 4 is 29.3 Å². The van der Waals surface area contributed by atoms with Gasteiger partial charge in [-0.3, -0.25) is 0 Å². The van der Waals surface area contributed by atoms with Crippen LogP contribution in [0.25, 0.3) is 0 Å². The fourth-order valence-electron chi connectivity index (χ4n) is 2.66. The Kier molecular flexibility index (Phi) is 7.41. The quantitative estimate of drug-likeness (QED) is 0.345. The van der Waals surface area contributed by atoms with E-state index in [1.54, 1.807) is 6.92 Å². The van der Waals surface area contributed by atoms with E-state index in [0.717, 1.165) is 0 Å². The van der Waals surface area contributed by atoms with E-state index in [0.29, 0.717) is 12.8 Å². The average molecular weight is 360 g/mol. The SMILES string of the molecule is BC(CCO)OC(C)COP(=O)(O)OC1CC2(B=B2)OC1COC. The molecule has 8 nitrogen and oxygen atoms in total. The number of phosphoric acid groups is 1. The second-order valence-electron chi connectivity index (χ2n) is 6.28. The van der Waals surface area contributed by atoms with Gasteiger partial charge in [-0.1, -0.05) is 0 Å². The van der Waals surface area contributed by atoms with Crippen LogP contribution in [0.5, 0.6) is 0 Å². The summed E-state index contributed by atoms with van der Waals surface area (Å²) >= 11 is 0. The third-order valence-corrected chi connectivity index (χ3v) is 4.93. The molecule has 0 aromatic heterocycles. The molecule has 12 heteroatoms. The molecular formula is C12H24B3O8P. The van der Waals surface area contributed by atoms with Crippen LogP contribution >= 0.6 is 7.82 Å². The third-order valence-electron chi connectivity index (χ3n) is 3.92. The second kappa shape index (κ2) is 8.69. The van der Waals surface area contributed by atoms with Gasteiger partial charge in [-0.15, -0.1) is 0 Å². The van der Waals surface area contributed by atoms with E-state index in [9.17, 15) is 9.46 Å². The number of aliphatic hydroxyl groups is 1. The normalized spacial score (nSPS) is 28.8. The first-order chi connectivity index (χ1) is 11.3. The molecule has 0 aromatic rings. The molecule has 2 aliphatic heterocycles. The molecule has 0 aliphatic carbocycles. The number of phosphoric ester groups is 1. The molecular weight excluding hydrogens is 336 g/mol. The first kappa shape index (κ1) is 20.5. The average Bonchev–Trinajstić information content (AvgIpc) is 3.15. The standard InChI is InChI=1S/C12H24B3O8P/c1-8(21-11(13)3-4-16)6-20-24(17,18)23-9-5-12(14-15-12)22-10(9)7-19-2/h8-11,16H,3-7,13H2,1-2H3,(H,17,18). The van der Waals surface area contributed by atoms with Gasteiger partial charge in [-0.05, 0) is 0 Å². The Morgan fingerprint density at radius 1 is 1.50 bits per heavy atom. The topological polar surface area (TPSA) is 104 Å². The Morgan fingerprint density at radius 3 is 2.79 bits per heavy atom. The minimum absolute atomic E-state index is 0.0225. The molecule has 2 heterocycles. The summed E-state index contributed by atoms with van der Waals surface area (Å²) in [5.74, 6) is 0. The van der Waals surface area contributed by atoms with E-state index < -0.39 is 31.5 Å². The first-order valence-corrected chi connectivity index (χ1v) is 9.58. The van der Waals surface area contributed by atoms with Crippen LogP contribution < -0.4 is 0 Å². The van der Waals surface area contributed by atoms with Gasteiger partial charge in [0.05, 0.1) is 0 Å². The zero-order chi connectivity index (χ0) is 17.8. The van der Waals surface area contributed by atoms with Gasteiger partial charge >= 0.3 is 138 Å². The summed E-state index contributed by atoms with van der Waals surface area (Å²) in [4.78, 5) is 9.94. The number of hydrogen-bond donors (Lipinski definition) is 2. The van der Waals surface area contributed by atoms with Crippen LogP contribution in [-0.2, 0) is 27.8 Å². The van der Waals surface area contributed by atoms with Gasteiger partial charge in [0.25, 0.3) is 0 Å². The zero-order valence-corrected chi connectivity index (χ0v) is 15.2. The fraction of sp³-hybridized carbons (Fsp3) is 1.00. The molecule has 0 bridgehead atoms. The molecule has 2 N–H and O–H groups in total. The van der Waals surface area contributed by atoms with Crippen molar-refractivity contribution in [1.29, 1.82) is 0 Å².